The van der Waals surface area contributed by atoms with E-state index in [4.69, 9.17) is 17.3 Å². The van der Waals surface area contributed by atoms with Crippen LogP contribution in [-0.4, -0.2) is 32.7 Å². The zero-order valence-corrected chi connectivity index (χ0v) is 16.7. The van der Waals surface area contributed by atoms with Crippen molar-refractivity contribution in [3.63, 3.8) is 0 Å². The molecule has 4 nitrogen and oxygen atoms in total. The van der Waals surface area contributed by atoms with Crippen LogP contribution in [0.3, 0.4) is 0 Å². The van der Waals surface area contributed by atoms with E-state index in [1.54, 1.807) is 22.7 Å². The van der Waals surface area contributed by atoms with Gasteiger partial charge >= 0.3 is 5.97 Å². The number of thiophene rings is 2. The average Bonchev–Trinajstić information content (AvgIpc) is 3.21. The summed E-state index contributed by atoms with van der Waals surface area (Å²) in [5.41, 5.74) is 0. The Balaban J connectivity index is 1.58. The number of hydrogen-bond donors (Lipinski definition) is 1. The molecule has 26 heavy (non-hydrogen) atoms. The summed E-state index contributed by atoms with van der Waals surface area (Å²) < 4.78 is 3.01. The quantitative estimate of drug-likeness (QED) is 0.456. The Bertz CT molecular complexity index is 1080. The summed E-state index contributed by atoms with van der Waals surface area (Å²) in [5.74, 6) is -0.996. The Morgan fingerprint density at radius 1 is 1.23 bits per heavy atom. The van der Waals surface area contributed by atoms with Gasteiger partial charge in [-0.15, -0.1) is 22.7 Å². The molecular weight excluding hydrogens is 406 g/mol. The third kappa shape index (κ3) is 3.29. The van der Waals surface area contributed by atoms with Gasteiger partial charge in [0.2, 0.25) is 0 Å². The van der Waals surface area contributed by atoms with Gasteiger partial charge in [0.05, 0.1) is 8.92 Å². The molecule has 1 aromatic carbocycles. The van der Waals surface area contributed by atoms with Gasteiger partial charge in [0, 0.05) is 33.3 Å². The molecule has 1 aliphatic heterocycles. The van der Waals surface area contributed by atoms with Crippen LogP contribution in [0.15, 0.2) is 35.2 Å². The molecule has 0 unspecified atom stereocenters. The normalized spacial score (nSPS) is 16.5. The molecular formula is C18H13NO3S4. The number of amides is 1. The van der Waals surface area contributed by atoms with E-state index >= 15 is 0 Å². The lowest BCUT2D eigenvalue weighted by Gasteiger charge is -2.13. The third-order valence-corrected chi connectivity index (χ3v) is 7.75. The van der Waals surface area contributed by atoms with Gasteiger partial charge in [-0.05, 0) is 24.6 Å². The Kier molecular flexibility index (Phi) is 4.83. The van der Waals surface area contributed by atoms with E-state index in [0.29, 0.717) is 22.2 Å². The van der Waals surface area contributed by atoms with Crippen molar-refractivity contribution in [2.24, 2.45) is 0 Å². The minimum Gasteiger partial charge on any atom is -0.481 e. The molecule has 2 aromatic heterocycles. The number of aliphatic carboxylic acids is 1. The summed E-state index contributed by atoms with van der Waals surface area (Å²) in [6.45, 7) is 0.346. The zero-order valence-electron chi connectivity index (χ0n) is 13.4. The van der Waals surface area contributed by atoms with E-state index in [2.05, 4.69) is 18.2 Å². The molecule has 3 heterocycles. The predicted octanol–water partition coefficient (Wildman–Crippen LogP) is 5.18. The molecule has 1 saturated heterocycles. The van der Waals surface area contributed by atoms with Crippen LogP contribution in [0.5, 0.6) is 0 Å². The van der Waals surface area contributed by atoms with Gasteiger partial charge in [-0.25, -0.2) is 0 Å². The molecule has 132 valence electrons. The second kappa shape index (κ2) is 7.11. The molecule has 8 heteroatoms. The number of thiocarbonyl (C=S) groups is 1. The smallest absolute Gasteiger partial charge is 0.303 e. The van der Waals surface area contributed by atoms with Crippen LogP contribution in [0.2, 0.25) is 0 Å². The minimum absolute atomic E-state index is 0.0321. The van der Waals surface area contributed by atoms with Gasteiger partial charge in [-0.1, -0.05) is 42.2 Å². The molecule has 0 spiro atoms. The highest BCUT2D eigenvalue weighted by molar-refractivity contribution is 8.26. The van der Waals surface area contributed by atoms with Crippen LogP contribution < -0.4 is 0 Å². The first kappa shape index (κ1) is 17.7. The number of fused-ring (bicyclic) bond motifs is 3. The number of hydrogen-bond acceptors (Lipinski definition) is 6. The fraction of sp³-hybridized carbons (Fsp3) is 0.167. The van der Waals surface area contributed by atoms with Crippen LogP contribution in [0.1, 0.15) is 17.7 Å². The summed E-state index contributed by atoms with van der Waals surface area (Å²) in [6.07, 6.45) is 2.32. The summed E-state index contributed by atoms with van der Waals surface area (Å²) in [7, 11) is 0. The lowest BCUT2D eigenvalue weighted by Crippen LogP contribution is -2.29. The van der Waals surface area contributed by atoms with Crippen molar-refractivity contribution in [1.29, 1.82) is 0 Å². The lowest BCUT2D eigenvalue weighted by atomic mass is 10.2. The van der Waals surface area contributed by atoms with Gasteiger partial charge in [0.1, 0.15) is 4.32 Å². The third-order valence-electron chi connectivity index (χ3n) is 4.02. The number of carboxylic acids is 1. The number of carboxylic acid groups (broad SMARTS) is 1. The predicted molar refractivity (Wildman–Crippen MR) is 114 cm³/mol. The van der Waals surface area contributed by atoms with Gasteiger partial charge in [0.15, 0.2) is 0 Å². The van der Waals surface area contributed by atoms with E-state index in [1.165, 1.54) is 36.1 Å². The largest absolute Gasteiger partial charge is 0.481 e. The van der Waals surface area contributed by atoms with Crippen molar-refractivity contribution in [2.45, 2.75) is 12.8 Å². The van der Waals surface area contributed by atoms with E-state index in [-0.39, 0.29) is 12.3 Å². The molecule has 0 bridgehead atoms. The highest BCUT2D eigenvalue weighted by Gasteiger charge is 2.31. The SMILES string of the molecule is O=C(O)CCCN1C(=O)C(=Cc2cc3c(s2)sc2ccccc23)SC1=S. The van der Waals surface area contributed by atoms with Crippen LogP contribution in [0, 0.1) is 0 Å². The number of thioether (sulfide) groups is 1. The highest BCUT2D eigenvalue weighted by Crippen LogP contribution is 2.41. The number of rotatable bonds is 5. The second-order valence-electron chi connectivity index (χ2n) is 5.78. The molecule has 0 saturated carbocycles. The van der Waals surface area contributed by atoms with Crippen LogP contribution in [-0.2, 0) is 9.59 Å². The maximum absolute atomic E-state index is 12.6. The maximum Gasteiger partial charge on any atom is 0.303 e. The van der Waals surface area contributed by atoms with Gasteiger partial charge < -0.3 is 5.11 Å². The number of carbonyl (C=O) groups excluding carboxylic acids is 1. The van der Waals surface area contributed by atoms with Crippen LogP contribution in [0.25, 0.3) is 25.6 Å². The zero-order chi connectivity index (χ0) is 18.3. The summed E-state index contributed by atoms with van der Waals surface area (Å²) in [5, 5.41) is 11.2. The Morgan fingerprint density at radius 2 is 2.04 bits per heavy atom. The Hall–Kier alpha value is -1.74. The van der Waals surface area contributed by atoms with Crippen LogP contribution in [0.4, 0.5) is 0 Å². The van der Waals surface area contributed by atoms with E-state index in [1.807, 2.05) is 18.2 Å². The lowest BCUT2D eigenvalue weighted by molar-refractivity contribution is -0.137. The number of carbonyl (C=O) groups is 2. The van der Waals surface area contributed by atoms with Crippen molar-refractivity contribution in [1.82, 2.24) is 4.90 Å². The first-order chi connectivity index (χ1) is 12.5. The standard InChI is InChI=1S/C18H13NO3S4/c20-15(21)6-3-7-19-16(22)14(26-18(19)23)9-10-8-12-11-4-1-2-5-13(11)25-17(12)24-10/h1-2,4-5,8-9H,3,6-7H2,(H,20,21). The Labute approximate surface area is 167 Å². The van der Waals surface area contributed by atoms with Crippen molar-refractivity contribution in [3.8, 4) is 0 Å². The van der Waals surface area contributed by atoms with E-state index in [9.17, 15) is 9.59 Å². The van der Waals surface area contributed by atoms with E-state index < -0.39 is 5.97 Å². The maximum atomic E-state index is 12.6. The second-order valence-corrected chi connectivity index (χ2v) is 9.85. The topological polar surface area (TPSA) is 57.6 Å². The summed E-state index contributed by atoms with van der Waals surface area (Å²) in [4.78, 5) is 26.3. The molecule has 1 N–H and O–H groups in total. The molecule has 1 fully saturated rings. The summed E-state index contributed by atoms with van der Waals surface area (Å²) in [6, 6.07) is 10.4. The molecule has 0 aliphatic carbocycles. The number of nitrogens with zero attached hydrogens (tertiary/aromatic N) is 1. The molecule has 4 rings (SSSR count). The van der Waals surface area contributed by atoms with Crippen molar-refractivity contribution >= 4 is 88.4 Å². The molecule has 0 atom stereocenters. The highest BCUT2D eigenvalue weighted by atomic mass is 32.2. The first-order valence-electron chi connectivity index (χ1n) is 7.91. The molecule has 1 amide bonds. The number of benzene rings is 1. The first-order valence-corrected chi connectivity index (χ1v) is 10.8. The minimum atomic E-state index is -0.864. The Morgan fingerprint density at radius 3 is 2.85 bits per heavy atom. The van der Waals surface area contributed by atoms with E-state index in [0.717, 1.165) is 4.88 Å². The van der Waals surface area contributed by atoms with Gasteiger partial charge in [0.25, 0.3) is 5.91 Å². The van der Waals surface area contributed by atoms with Gasteiger partial charge in [-0.3, -0.25) is 14.5 Å². The van der Waals surface area contributed by atoms with Crippen molar-refractivity contribution < 1.29 is 14.7 Å². The van der Waals surface area contributed by atoms with Crippen molar-refractivity contribution in [3.05, 3.63) is 40.1 Å². The van der Waals surface area contributed by atoms with Crippen molar-refractivity contribution in [2.75, 3.05) is 6.54 Å². The molecule has 0 radical (unpaired) electrons. The summed E-state index contributed by atoms with van der Waals surface area (Å²) >= 11 is 10.0. The van der Waals surface area contributed by atoms with Crippen LogP contribution >= 0.6 is 46.7 Å². The monoisotopic (exact) mass is 419 g/mol. The van der Waals surface area contributed by atoms with Gasteiger partial charge in [-0.2, -0.15) is 0 Å². The fourth-order valence-corrected chi connectivity index (χ4v) is 6.67. The molecule has 1 aliphatic rings. The fourth-order valence-electron chi connectivity index (χ4n) is 2.82. The molecule has 3 aromatic rings. The average molecular weight is 420 g/mol.